The van der Waals surface area contributed by atoms with Crippen molar-refractivity contribution in [2.24, 2.45) is 5.92 Å². The molecule has 0 aliphatic rings. The van der Waals surface area contributed by atoms with Crippen molar-refractivity contribution in [3.05, 3.63) is 44.2 Å². The Labute approximate surface area is 148 Å². The number of rotatable bonds is 6. The van der Waals surface area contributed by atoms with Gasteiger partial charge < -0.3 is 5.32 Å². The van der Waals surface area contributed by atoms with Gasteiger partial charge in [0.15, 0.2) is 0 Å². The molecule has 1 nitrogen and oxygen atoms in total. The van der Waals surface area contributed by atoms with Crippen LogP contribution in [0.15, 0.2) is 39.3 Å². The Morgan fingerprint density at radius 2 is 1.90 bits per heavy atom. The molecule has 0 aliphatic heterocycles. The second-order valence-corrected chi connectivity index (χ2v) is 8.39. The van der Waals surface area contributed by atoms with Crippen molar-refractivity contribution in [2.75, 3.05) is 6.54 Å². The van der Waals surface area contributed by atoms with E-state index in [9.17, 15) is 0 Å². The predicted octanol–water partition coefficient (Wildman–Crippen LogP) is 6.64. The van der Waals surface area contributed by atoms with Crippen LogP contribution >= 0.6 is 43.2 Å². The van der Waals surface area contributed by atoms with Crippen LogP contribution < -0.4 is 5.32 Å². The van der Waals surface area contributed by atoms with Crippen LogP contribution in [0.1, 0.15) is 38.1 Å². The molecule has 1 aromatic heterocycles. The summed E-state index contributed by atoms with van der Waals surface area (Å²) in [4.78, 5) is 2.73. The first kappa shape index (κ1) is 17.2. The molecule has 0 saturated carbocycles. The van der Waals surface area contributed by atoms with Crippen LogP contribution in [0.25, 0.3) is 10.4 Å². The number of hydrogen-bond acceptors (Lipinski definition) is 2. The summed E-state index contributed by atoms with van der Waals surface area (Å²) in [6, 6.07) is 11.3. The normalized spacial score (nSPS) is 12.9. The summed E-state index contributed by atoms with van der Waals surface area (Å²) in [5.74, 6) is 0.594. The fourth-order valence-corrected chi connectivity index (χ4v) is 5.01. The first-order chi connectivity index (χ1) is 10.0. The van der Waals surface area contributed by atoms with E-state index in [1.807, 2.05) is 11.3 Å². The highest BCUT2D eigenvalue weighted by Gasteiger charge is 2.18. The van der Waals surface area contributed by atoms with E-state index in [4.69, 9.17) is 0 Å². The molecule has 1 heterocycles. The van der Waals surface area contributed by atoms with E-state index < -0.39 is 0 Å². The largest absolute Gasteiger partial charge is 0.309 e. The standard InChI is InChI=1S/C17H21Br2NS/c1-4-9-20-17(11(2)3)16-8-7-15(21-16)13-6-5-12(18)10-14(13)19/h5-8,10-11,17,20H,4,9H2,1-3H3. The molecule has 0 fully saturated rings. The summed E-state index contributed by atoms with van der Waals surface area (Å²) in [7, 11) is 0. The van der Waals surface area contributed by atoms with Crippen LogP contribution in [0.3, 0.4) is 0 Å². The maximum absolute atomic E-state index is 3.66. The quantitative estimate of drug-likeness (QED) is 0.541. The van der Waals surface area contributed by atoms with Gasteiger partial charge in [0.1, 0.15) is 0 Å². The van der Waals surface area contributed by atoms with E-state index in [1.54, 1.807) is 0 Å². The molecule has 0 aliphatic carbocycles. The van der Waals surface area contributed by atoms with Gasteiger partial charge in [-0.3, -0.25) is 0 Å². The topological polar surface area (TPSA) is 12.0 Å². The Morgan fingerprint density at radius 3 is 2.52 bits per heavy atom. The molecule has 1 atom stereocenters. The molecule has 1 aromatic carbocycles. The first-order valence-electron chi connectivity index (χ1n) is 7.31. The lowest BCUT2D eigenvalue weighted by Crippen LogP contribution is -2.25. The zero-order chi connectivity index (χ0) is 15.4. The zero-order valence-corrected chi connectivity index (χ0v) is 16.6. The van der Waals surface area contributed by atoms with Gasteiger partial charge >= 0.3 is 0 Å². The van der Waals surface area contributed by atoms with Gasteiger partial charge in [-0.1, -0.05) is 58.7 Å². The SMILES string of the molecule is CCCNC(c1ccc(-c2ccc(Br)cc2Br)s1)C(C)C. The van der Waals surface area contributed by atoms with E-state index in [-0.39, 0.29) is 0 Å². The molecule has 0 saturated heterocycles. The molecule has 2 aromatic rings. The maximum Gasteiger partial charge on any atom is 0.0438 e. The Bertz CT molecular complexity index is 592. The Morgan fingerprint density at radius 1 is 1.14 bits per heavy atom. The molecule has 0 amide bonds. The predicted molar refractivity (Wildman–Crippen MR) is 101 cm³/mol. The molecule has 4 heteroatoms. The van der Waals surface area contributed by atoms with Gasteiger partial charge in [0, 0.05) is 30.3 Å². The number of nitrogens with one attached hydrogen (secondary N) is 1. The average Bonchev–Trinajstić information content (AvgIpc) is 2.88. The summed E-state index contributed by atoms with van der Waals surface area (Å²) in [6.07, 6.45) is 1.17. The third-order valence-corrected chi connectivity index (χ3v) is 5.76. The molecular formula is C17H21Br2NS. The lowest BCUT2D eigenvalue weighted by Gasteiger charge is -2.21. The van der Waals surface area contributed by atoms with Crippen molar-refractivity contribution in [1.82, 2.24) is 5.32 Å². The van der Waals surface area contributed by atoms with E-state index in [0.717, 1.165) is 15.5 Å². The van der Waals surface area contributed by atoms with Crippen LogP contribution in [0.4, 0.5) is 0 Å². The second kappa shape index (κ2) is 7.91. The van der Waals surface area contributed by atoms with Crippen molar-refractivity contribution in [2.45, 2.75) is 33.2 Å². The first-order valence-corrected chi connectivity index (χ1v) is 9.71. The van der Waals surface area contributed by atoms with Gasteiger partial charge in [0.25, 0.3) is 0 Å². The van der Waals surface area contributed by atoms with E-state index >= 15 is 0 Å². The third kappa shape index (κ3) is 4.41. The number of hydrogen-bond donors (Lipinski definition) is 1. The smallest absolute Gasteiger partial charge is 0.0438 e. The fraction of sp³-hybridized carbons (Fsp3) is 0.412. The molecule has 0 bridgehead atoms. The van der Waals surface area contributed by atoms with Crippen LogP contribution in [-0.2, 0) is 0 Å². The Hall–Kier alpha value is -0.160. The Balaban J connectivity index is 2.27. The summed E-state index contributed by atoms with van der Waals surface area (Å²) in [6.45, 7) is 7.84. The van der Waals surface area contributed by atoms with Crippen molar-refractivity contribution in [1.29, 1.82) is 0 Å². The van der Waals surface area contributed by atoms with Gasteiger partial charge in [-0.05, 0) is 43.1 Å². The maximum atomic E-state index is 3.66. The summed E-state index contributed by atoms with van der Waals surface area (Å²) in [5, 5.41) is 3.66. The second-order valence-electron chi connectivity index (χ2n) is 5.50. The van der Waals surface area contributed by atoms with Crippen LogP contribution in [-0.4, -0.2) is 6.54 Å². The highest BCUT2D eigenvalue weighted by Crippen LogP contribution is 2.38. The van der Waals surface area contributed by atoms with Crippen molar-refractivity contribution in [3.8, 4) is 10.4 Å². The van der Waals surface area contributed by atoms with Gasteiger partial charge in [0.05, 0.1) is 0 Å². The molecule has 0 radical (unpaired) electrons. The summed E-state index contributed by atoms with van der Waals surface area (Å²) in [5.41, 5.74) is 1.26. The molecule has 21 heavy (non-hydrogen) atoms. The lowest BCUT2D eigenvalue weighted by atomic mass is 10.0. The van der Waals surface area contributed by atoms with Crippen LogP contribution in [0, 0.1) is 5.92 Å². The molecule has 1 unspecified atom stereocenters. The average molecular weight is 431 g/mol. The van der Waals surface area contributed by atoms with Crippen LogP contribution in [0.5, 0.6) is 0 Å². The van der Waals surface area contributed by atoms with E-state index in [0.29, 0.717) is 12.0 Å². The number of thiophene rings is 1. The zero-order valence-electron chi connectivity index (χ0n) is 12.6. The third-order valence-electron chi connectivity index (χ3n) is 3.41. The van der Waals surface area contributed by atoms with Gasteiger partial charge in [0.2, 0.25) is 0 Å². The molecule has 114 valence electrons. The van der Waals surface area contributed by atoms with E-state index in [2.05, 4.69) is 88.3 Å². The lowest BCUT2D eigenvalue weighted by molar-refractivity contribution is 0.418. The monoisotopic (exact) mass is 429 g/mol. The molecular weight excluding hydrogens is 410 g/mol. The molecule has 2 rings (SSSR count). The summed E-state index contributed by atoms with van der Waals surface area (Å²) >= 11 is 9.06. The highest BCUT2D eigenvalue weighted by molar-refractivity contribution is 9.11. The highest BCUT2D eigenvalue weighted by atomic mass is 79.9. The number of benzene rings is 1. The fourth-order valence-electron chi connectivity index (χ4n) is 2.32. The van der Waals surface area contributed by atoms with Crippen molar-refractivity contribution < 1.29 is 0 Å². The minimum Gasteiger partial charge on any atom is -0.309 e. The molecule has 0 spiro atoms. The minimum absolute atomic E-state index is 0.443. The van der Waals surface area contributed by atoms with Gasteiger partial charge in [-0.25, -0.2) is 0 Å². The number of halogens is 2. The van der Waals surface area contributed by atoms with Crippen molar-refractivity contribution >= 4 is 43.2 Å². The van der Waals surface area contributed by atoms with Gasteiger partial charge in [-0.2, -0.15) is 0 Å². The Kier molecular flexibility index (Phi) is 6.48. The van der Waals surface area contributed by atoms with Crippen molar-refractivity contribution in [3.63, 3.8) is 0 Å². The molecule has 1 N–H and O–H groups in total. The van der Waals surface area contributed by atoms with Crippen LogP contribution in [0.2, 0.25) is 0 Å². The van der Waals surface area contributed by atoms with E-state index in [1.165, 1.54) is 21.7 Å². The summed E-state index contributed by atoms with van der Waals surface area (Å²) < 4.78 is 2.23. The van der Waals surface area contributed by atoms with Gasteiger partial charge in [-0.15, -0.1) is 11.3 Å². The minimum atomic E-state index is 0.443.